The van der Waals surface area contributed by atoms with Crippen LogP contribution in [0.1, 0.15) is 40.5 Å². The van der Waals surface area contributed by atoms with Gasteiger partial charge in [0.1, 0.15) is 0 Å². The fourth-order valence-corrected chi connectivity index (χ4v) is 6.05. The zero-order valence-corrected chi connectivity index (χ0v) is 18.3. The van der Waals surface area contributed by atoms with Crippen LogP contribution in [0.5, 0.6) is 0 Å². The molecule has 22 heavy (non-hydrogen) atoms. The third-order valence-electron chi connectivity index (χ3n) is 4.20. The molecular formula is C18H22Cl2SZr. The first-order valence-electron chi connectivity index (χ1n) is 7.19. The molecule has 1 heterocycles. The van der Waals surface area contributed by atoms with Crippen LogP contribution in [0.2, 0.25) is 0 Å². The van der Waals surface area contributed by atoms with Crippen LogP contribution in [0.3, 0.4) is 0 Å². The van der Waals surface area contributed by atoms with Crippen LogP contribution in [0.4, 0.5) is 0 Å². The van der Waals surface area contributed by atoms with Crippen molar-refractivity contribution < 1.29 is 51.0 Å². The molecule has 0 aromatic rings. The molecule has 0 aromatic carbocycles. The number of halogens is 2. The molecular weight excluding hydrogens is 410 g/mol. The molecule has 0 aromatic heterocycles. The Balaban J connectivity index is 0.00000147. The summed E-state index contributed by atoms with van der Waals surface area (Å²) in [6, 6.07) is 0. The van der Waals surface area contributed by atoms with Gasteiger partial charge < -0.3 is 24.8 Å². The summed E-state index contributed by atoms with van der Waals surface area (Å²) in [5.41, 5.74) is 6.21. The molecule has 0 radical (unpaired) electrons. The smallest absolute Gasteiger partial charge is 1.00 e. The van der Waals surface area contributed by atoms with Crippen molar-refractivity contribution in [3.05, 3.63) is 57.6 Å². The number of rotatable bonds is 2. The quantitative estimate of drug-likeness (QED) is 0.506. The number of allylic oxidation sites excluding steroid dienone is 8. The maximum Gasteiger partial charge on any atom is 2.00 e. The van der Waals surface area contributed by atoms with E-state index in [1.807, 2.05) is 0 Å². The molecule has 2 aliphatic carbocycles. The van der Waals surface area contributed by atoms with E-state index in [0.717, 1.165) is 12.8 Å². The Hall–Kier alpha value is 0.383. The Bertz CT molecular complexity index is 629. The van der Waals surface area contributed by atoms with E-state index in [-0.39, 0.29) is 51.0 Å². The zero-order chi connectivity index (χ0) is 13.6. The van der Waals surface area contributed by atoms with E-state index in [2.05, 4.69) is 58.1 Å². The summed E-state index contributed by atoms with van der Waals surface area (Å²) in [6.45, 7) is 9.24. The van der Waals surface area contributed by atoms with Gasteiger partial charge in [-0.25, -0.2) is 0 Å². The van der Waals surface area contributed by atoms with Gasteiger partial charge in [0.05, 0.1) is 0 Å². The molecule has 1 aliphatic heterocycles. The van der Waals surface area contributed by atoms with E-state index in [9.17, 15) is 0 Å². The van der Waals surface area contributed by atoms with Gasteiger partial charge in [0.15, 0.2) is 0 Å². The van der Waals surface area contributed by atoms with Crippen molar-refractivity contribution in [2.45, 2.75) is 45.8 Å². The van der Waals surface area contributed by atoms with Crippen molar-refractivity contribution >= 4 is 15.3 Å². The number of fused-ring (bicyclic) bond motifs is 1. The third kappa shape index (κ3) is 3.72. The summed E-state index contributed by atoms with van der Waals surface area (Å²) >= 11 is 0. The van der Waals surface area contributed by atoms with Gasteiger partial charge in [-0.1, -0.05) is 36.8 Å². The summed E-state index contributed by atoms with van der Waals surface area (Å²) in [5, 5.41) is 0.659. The summed E-state index contributed by atoms with van der Waals surface area (Å²) in [4.78, 5) is 3.14. The topological polar surface area (TPSA) is 0 Å². The van der Waals surface area contributed by atoms with Gasteiger partial charge in [-0.05, 0) is 61.3 Å². The summed E-state index contributed by atoms with van der Waals surface area (Å²) in [6.07, 6.45) is 14.0. The predicted molar refractivity (Wildman–Crippen MR) is 88.7 cm³/mol. The zero-order valence-electron chi connectivity index (χ0n) is 13.5. The number of hydrogen-bond acceptors (Lipinski definition) is 0. The van der Waals surface area contributed by atoms with E-state index in [1.165, 1.54) is 11.1 Å². The summed E-state index contributed by atoms with van der Waals surface area (Å²) in [7, 11) is 0.309. The SMILES string of the molecule is CCC1=CCC(C2=C3C=CC=C3S(=C(C)C)C2C)=C1.[Cl-].[Cl-].[Zr+2]. The summed E-state index contributed by atoms with van der Waals surface area (Å²) in [5.74, 6) is 0. The van der Waals surface area contributed by atoms with Gasteiger partial charge in [0.2, 0.25) is 0 Å². The molecule has 3 rings (SSSR count). The Labute approximate surface area is 168 Å². The Morgan fingerprint density at radius 3 is 2.50 bits per heavy atom. The second-order valence-electron chi connectivity index (χ2n) is 5.61. The molecule has 0 nitrogen and oxygen atoms in total. The van der Waals surface area contributed by atoms with E-state index < -0.39 is 0 Å². The molecule has 2 unspecified atom stereocenters. The van der Waals surface area contributed by atoms with Crippen LogP contribution in [-0.4, -0.2) is 10.1 Å². The molecule has 0 N–H and O–H groups in total. The van der Waals surface area contributed by atoms with Gasteiger partial charge in [-0.2, -0.15) is 0 Å². The maximum absolute atomic E-state index is 2.43. The van der Waals surface area contributed by atoms with Gasteiger partial charge >= 0.3 is 26.2 Å². The average molecular weight is 433 g/mol. The van der Waals surface area contributed by atoms with E-state index in [0.29, 0.717) is 15.7 Å². The fraction of sp³-hybridized carbons (Fsp3) is 0.389. The monoisotopic (exact) mass is 430 g/mol. The van der Waals surface area contributed by atoms with Gasteiger partial charge in [0, 0.05) is 10.2 Å². The first-order chi connectivity index (χ1) is 9.13. The molecule has 0 spiro atoms. The predicted octanol–water partition coefficient (Wildman–Crippen LogP) is -0.708. The second kappa shape index (κ2) is 9.02. The Morgan fingerprint density at radius 1 is 1.27 bits per heavy atom. The van der Waals surface area contributed by atoms with Crippen molar-refractivity contribution in [1.82, 2.24) is 0 Å². The first-order valence-corrected chi connectivity index (χ1v) is 8.48. The molecule has 3 aliphatic rings. The average Bonchev–Trinajstić information content (AvgIpc) is 3.02. The molecule has 0 fully saturated rings. The van der Waals surface area contributed by atoms with Gasteiger partial charge in [0.25, 0.3) is 0 Å². The van der Waals surface area contributed by atoms with Crippen molar-refractivity contribution in [2.24, 2.45) is 0 Å². The standard InChI is InChI=1S/C18H22S.2ClH.Zr/c1-5-14-9-10-15(11-14)18-13(4)19(12(2)3)17-8-6-7-16(17)18;;;/h6-9,11,13H,5,10H2,1-4H3;2*1H;/q;;;+2/p-2. The van der Waals surface area contributed by atoms with Gasteiger partial charge in [-0.3, -0.25) is 0 Å². The normalized spacial score (nSPS) is 24.6. The fourth-order valence-electron chi connectivity index (χ4n) is 3.37. The molecule has 2 atom stereocenters. The Kier molecular flexibility index (Phi) is 9.18. The van der Waals surface area contributed by atoms with Crippen molar-refractivity contribution in [1.29, 1.82) is 0 Å². The molecule has 0 saturated heterocycles. The van der Waals surface area contributed by atoms with E-state index in [1.54, 1.807) is 20.9 Å². The van der Waals surface area contributed by atoms with Crippen LogP contribution < -0.4 is 24.8 Å². The van der Waals surface area contributed by atoms with Crippen molar-refractivity contribution in [3.8, 4) is 0 Å². The molecule has 0 amide bonds. The maximum atomic E-state index is 2.43. The molecule has 4 heteroatoms. The minimum atomic E-state index is 0. The third-order valence-corrected chi connectivity index (χ3v) is 6.85. The van der Waals surface area contributed by atoms with Gasteiger partial charge in [-0.15, -0.1) is 10.5 Å². The van der Waals surface area contributed by atoms with E-state index >= 15 is 0 Å². The summed E-state index contributed by atoms with van der Waals surface area (Å²) < 4.78 is 0. The largest absolute Gasteiger partial charge is 2.00 e. The second-order valence-corrected chi connectivity index (χ2v) is 8.25. The van der Waals surface area contributed by atoms with E-state index in [4.69, 9.17) is 0 Å². The molecule has 0 bridgehead atoms. The minimum absolute atomic E-state index is 0. The van der Waals surface area contributed by atoms with Crippen molar-refractivity contribution in [3.63, 3.8) is 0 Å². The van der Waals surface area contributed by atoms with Crippen molar-refractivity contribution in [2.75, 3.05) is 0 Å². The first kappa shape index (κ1) is 22.4. The minimum Gasteiger partial charge on any atom is -1.00 e. The van der Waals surface area contributed by atoms with Crippen LogP contribution in [0.25, 0.3) is 0 Å². The van der Waals surface area contributed by atoms with Crippen LogP contribution >= 0.6 is 10.5 Å². The van der Waals surface area contributed by atoms with Crippen LogP contribution in [-0.2, 0) is 26.2 Å². The molecule has 118 valence electrons. The van der Waals surface area contributed by atoms with Crippen LogP contribution in [0.15, 0.2) is 57.6 Å². The van der Waals surface area contributed by atoms with Crippen LogP contribution in [0, 0.1) is 0 Å². The number of hydrogen-bond donors (Lipinski definition) is 0. The molecule has 0 saturated carbocycles. The Morgan fingerprint density at radius 2 is 1.95 bits per heavy atom.